The lowest BCUT2D eigenvalue weighted by molar-refractivity contribution is 0.201. The second-order valence-corrected chi connectivity index (χ2v) is 6.54. The van der Waals surface area contributed by atoms with Gasteiger partial charge in [-0.3, -0.25) is 10.00 Å². The molecule has 2 aromatic rings. The molecule has 1 aliphatic carbocycles. The van der Waals surface area contributed by atoms with Crippen molar-refractivity contribution in [3.05, 3.63) is 41.6 Å². The summed E-state index contributed by atoms with van der Waals surface area (Å²) >= 11 is 0. The molecular formula is C20H27Cl2N3O2. The van der Waals surface area contributed by atoms with Gasteiger partial charge in [-0.2, -0.15) is 5.10 Å². The number of hydrogen-bond acceptors (Lipinski definition) is 4. The lowest BCUT2D eigenvalue weighted by atomic mass is 9.79. The number of benzene rings is 1. The second-order valence-electron chi connectivity index (χ2n) is 6.54. The van der Waals surface area contributed by atoms with Crippen LogP contribution < -0.4 is 9.47 Å². The van der Waals surface area contributed by atoms with Gasteiger partial charge in [0.2, 0.25) is 0 Å². The van der Waals surface area contributed by atoms with E-state index in [-0.39, 0.29) is 24.8 Å². The number of fused-ring (bicyclic) bond motifs is 2. The molecule has 1 N–H and O–H groups in total. The van der Waals surface area contributed by atoms with Crippen molar-refractivity contribution >= 4 is 24.8 Å². The Morgan fingerprint density at radius 1 is 1.26 bits per heavy atom. The van der Waals surface area contributed by atoms with Gasteiger partial charge in [0.25, 0.3) is 0 Å². The van der Waals surface area contributed by atoms with Crippen LogP contribution in [0.2, 0.25) is 0 Å². The molecule has 1 unspecified atom stereocenters. The van der Waals surface area contributed by atoms with Crippen LogP contribution in [0.4, 0.5) is 0 Å². The molecule has 1 atom stereocenters. The van der Waals surface area contributed by atoms with Crippen molar-refractivity contribution < 1.29 is 9.47 Å². The normalized spacial score (nSPS) is 17.0. The highest BCUT2D eigenvalue weighted by atomic mass is 35.5. The van der Waals surface area contributed by atoms with Gasteiger partial charge in [-0.15, -0.1) is 31.4 Å². The zero-order valence-corrected chi connectivity index (χ0v) is 17.4. The van der Waals surface area contributed by atoms with Gasteiger partial charge in [0.1, 0.15) is 0 Å². The lowest BCUT2D eigenvalue weighted by Crippen LogP contribution is -2.38. The fraction of sp³-hybridized carbons (Fsp3) is 0.450. The van der Waals surface area contributed by atoms with Crippen LogP contribution in [0, 0.1) is 0 Å². The summed E-state index contributed by atoms with van der Waals surface area (Å²) in [5.41, 5.74) is 6.21. The maximum absolute atomic E-state index is 6.07. The van der Waals surface area contributed by atoms with E-state index in [0.717, 1.165) is 48.7 Å². The first kappa shape index (κ1) is 21.6. The number of aromatic nitrogens is 2. The number of rotatable bonds is 6. The molecule has 5 nitrogen and oxygen atoms in total. The number of nitrogens with one attached hydrogen (secondary N) is 1. The Kier molecular flexibility index (Phi) is 7.20. The van der Waals surface area contributed by atoms with E-state index in [1.807, 2.05) is 26.1 Å². The fourth-order valence-electron chi connectivity index (χ4n) is 4.20. The molecule has 148 valence electrons. The molecule has 0 saturated carbocycles. The van der Waals surface area contributed by atoms with Crippen molar-refractivity contribution in [1.29, 1.82) is 0 Å². The number of H-pyrrole nitrogens is 1. The van der Waals surface area contributed by atoms with E-state index in [4.69, 9.17) is 9.47 Å². The highest BCUT2D eigenvalue weighted by Gasteiger charge is 2.38. The number of nitrogens with zero attached hydrogens (tertiary/aromatic N) is 2. The molecule has 1 aliphatic heterocycles. The van der Waals surface area contributed by atoms with E-state index in [1.54, 1.807) is 0 Å². The van der Waals surface area contributed by atoms with Gasteiger partial charge in [0, 0.05) is 19.1 Å². The van der Waals surface area contributed by atoms with E-state index in [9.17, 15) is 0 Å². The van der Waals surface area contributed by atoms with Crippen LogP contribution in [0.5, 0.6) is 11.5 Å². The first-order chi connectivity index (χ1) is 12.3. The maximum Gasteiger partial charge on any atom is 0.170 e. The Morgan fingerprint density at radius 2 is 2.04 bits per heavy atom. The van der Waals surface area contributed by atoms with Gasteiger partial charge in [-0.25, -0.2) is 0 Å². The summed E-state index contributed by atoms with van der Waals surface area (Å²) < 4.78 is 12.0. The predicted molar refractivity (Wildman–Crippen MR) is 113 cm³/mol. The van der Waals surface area contributed by atoms with E-state index >= 15 is 0 Å². The molecule has 7 heteroatoms. The highest BCUT2D eigenvalue weighted by Crippen LogP contribution is 2.51. The molecule has 0 radical (unpaired) electrons. The average Bonchev–Trinajstić information content (AvgIpc) is 3.08. The van der Waals surface area contributed by atoms with Crippen LogP contribution in [0.25, 0.3) is 11.3 Å². The third kappa shape index (κ3) is 3.56. The van der Waals surface area contributed by atoms with Gasteiger partial charge in [0.15, 0.2) is 11.5 Å². The Bertz CT molecular complexity index is 807. The van der Waals surface area contributed by atoms with E-state index in [1.165, 1.54) is 16.7 Å². The topological polar surface area (TPSA) is 50.4 Å². The molecule has 2 heterocycles. The highest BCUT2D eigenvalue weighted by molar-refractivity contribution is 5.85. The molecular weight excluding hydrogens is 385 g/mol. The Balaban J connectivity index is 0.00000131. The quantitative estimate of drug-likeness (QED) is 0.717. The van der Waals surface area contributed by atoms with E-state index in [2.05, 4.69) is 27.7 Å². The van der Waals surface area contributed by atoms with Crippen LogP contribution in [-0.4, -0.2) is 41.4 Å². The molecule has 0 fully saturated rings. The predicted octanol–water partition coefficient (Wildman–Crippen LogP) is 4.36. The van der Waals surface area contributed by atoms with Crippen LogP contribution in [0.1, 0.15) is 36.6 Å². The Labute approximate surface area is 172 Å². The Morgan fingerprint density at radius 3 is 2.74 bits per heavy atom. The maximum atomic E-state index is 6.07. The molecule has 27 heavy (non-hydrogen) atoms. The third-order valence-corrected chi connectivity index (χ3v) is 5.15. The molecule has 0 bridgehead atoms. The number of halogens is 2. The second kappa shape index (κ2) is 9.00. The average molecular weight is 412 g/mol. The summed E-state index contributed by atoms with van der Waals surface area (Å²) in [6.07, 6.45) is 5.93. The number of aromatic amines is 1. The summed E-state index contributed by atoms with van der Waals surface area (Å²) in [5, 5.41) is 7.51. The van der Waals surface area contributed by atoms with Gasteiger partial charge < -0.3 is 9.47 Å². The van der Waals surface area contributed by atoms with Crippen molar-refractivity contribution in [2.45, 2.75) is 32.7 Å². The largest absolute Gasteiger partial charge is 0.490 e. The van der Waals surface area contributed by atoms with Gasteiger partial charge in [-0.05, 0) is 49.4 Å². The summed E-state index contributed by atoms with van der Waals surface area (Å²) in [6, 6.07) is 2.53. The van der Waals surface area contributed by atoms with Crippen molar-refractivity contribution in [2.24, 2.45) is 0 Å². The smallest absolute Gasteiger partial charge is 0.170 e. The summed E-state index contributed by atoms with van der Waals surface area (Å²) in [4.78, 5) is 2.50. The fourth-order valence-corrected chi connectivity index (χ4v) is 4.20. The molecule has 2 aliphatic rings. The summed E-state index contributed by atoms with van der Waals surface area (Å²) in [6.45, 7) is 11.1. The van der Waals surface area contributed by atoms with Crippen LogP contribution in [-0.2, 0) is 12.8 Å². The SMILES string of the molecule is C=CCN1CCc2cc(OCC)c(OCC)c3c2C1Cc1cn[nH]c1-3.Cl.Cl. The zero-order valence-electron chi connectivity index (χ0n) is 15.8. The third-order valence-electron chi connectivity index (χ3n) is 5.15. The number of ether oxygens (including phenoxy) is 2. The molecule has 4 rings (SSSR count). The van der Waals surface area contributed by atoms with Crippen LogP contribution in [0.3, 0.4) is 0 Å². The van der Waals surface area contributed by atoms with Crippen LogP contribution >= 0.6 is 24.8 Å². The minimum absolute atomic E-state index is 0. The first-order valence-electron chi connectivity index (χ1n) is 9.11. The molecule has 1 aromatic heterocycles. The standard InChI is InChI=1S/C20H25N3O2.2ClH/c1-4-8-23-9-7-13-11-16(24-5-2)20(25-6-3)18-17(13)15(23)10-14-12-21-22-19(14)18;;/h4,11-12,15H,1,5-10H2,2-3H3,(H,21,22);2*1H. The van der Waals surface area contributed by atoms with E-state index < -0.39 is 0 Å². The minimum Gasteiger partial charge on any atom is -0.490 e. The molecule has 0 saturated heterocycles. The summed E-state index contributed by atoms with van der Waals surface area (Å²) in [7, 11) is 0. The zero-order chi connectivity index (χ0) is 17.4. The molecule has 0 amide bonds. The molecule has 1 aromatic carbocycles. The van der Waals surface area contributed by atoms with Crippen molar-refractivity contribution in [3.63, 3.8) is 0 Å². The van der Waals surface area contributed by atoms with Crippen molar-refractivity contribution in [3.8, 4) is 22.8 Å². The lowest BCUT2D eigenvalue weighted by Gasteiger charge is -2.41. The van der Waals surface area contributed by atoms with Gasteiger partial charge in [-0.1, -0.05) is 6.08 Å². The van der Waals surface area contributed by atoms with Crippen LogP contribution in [0.15, 0.2) is 24.9 Å². The van der Waals surface area contributed by atoms with E-state index in [0.29, 0.717) is 19.3 Å². The van der Waals surface area contributed by atoms with Gasteiger partial charge >= 0.3 is 0 Å². The molecule has 0 spiro atoms. The Hall–Kier alpha value is -1.69. The first-order valence-corrected chi connectivity index (χ1v) is 9.11. The number of hydrogen-bond donors (Lipinski definition) is 1. The van der Waals surface area contributed by atoms with Crippen molar-refractivity contribution in [2.75, 3.05) is 26.3 Å². The summed E-state index contributed by atoms with van der Waals surface area (Å²) in [5.74, 6) is 1.69. The minimum atomic E-state index is 0. The van der Waals surface area contributed by atoms with Gasteiger partial charge in [0.05, 0.1) is 30.7 Å². The monoisotopic (exact) mass is 411 g/mol. The van der Waals surface area contributed by atoms with Crippen molar-refractivity contribution in [1.82, 2.24) is 15.1 Å².